The highest BCUT2D eigenvalue weighted by molar-refractivity contribution is 7.98. The summed E-state index contributed by atoms with van der Waals surface area (Å²) in [5.74, 6) is 1.96. The van der Waals surface area contributed by atoms with E-state index in [0.29, 0.717) is 34.9 Å². The third-order valence-corrected chi connectivity index (χ3v) is 4.51. The molecule has 8 heteroatoms. The van der Waals surface area contributed by atoms with Crippen molar-refractivity contribution in [2.75, 3.05) is 0 Å². The zero-order valence-corrected chi connectivity index (χ0v) is 13.3. The average Bonchev–Trinajstić information content (AvgIpc) is 3.16. The Bertz CT molecular complexity index is 842. The predicted octanol–water partition coefficient (Wildman–Crippen LogP) is 3.40. The van der Waals surface area contributed by atoms with Gasteiger partial charge >= 0.3 is 0 Å². The molecule has 1 saturated carbocycles. The Morgan fingerprint density at radius 1 is 1.30 bits per heavy atom. The lowest BCUT2D eigenvalue weighted by Gasteiger charge is -2.08. The summed E-state index contributed by atoms with van der Waals surface area (Å²) in [6.07, 6.45) is 2.12. The number of aryl methyl sites for hydroxylation is 1. The van der Waals surface area contributed by atoms with Crippen LogP contribution < -0.4 is 0 Å². The third kappa shape index (κ3) is 2.86. The van der Waals surface area contributed by atoms with Crippen LogP contribution in [0.2, 0.25) is 0 Å². The molecule has 0 spiro atoms. The van der Waals surface area contributed by atoms with E-state index in [9.17, 15) is 4.39 Å². The summed E-state index contributed by atoms with van der Waals surface area (Å²) in [4.78, 5) is 4.18. The Labute approximate surface area is 136 Å². The maximum absolute atomic E-state index is 14.1. The van der Waals surface area contributed by atoms with Gasteiger partial charge in [0.05, 0.1) is 11.3 Å². The van der Waals surface area contributed by atoms with Crippen LogP contribution in [0.4, 0.5) is 4.39 Å². The first-order chi connectivity index (χ1) is 11.2. The average molecular weight is 331 g/mol. The molecule has 0 saturated heterocycles. The van der Waals surface area contributed by atoms with Crippen molar-refractivity contribution in [3.05, 3.63) is 41.8 Å². The molecule has 1 aliphatic rings. The molecule has 2 aromatic heterocycles. The molecule has 0 atom stereocenters. The highest BCUT2D eigenvalue weighted by Gasteiger charge is 2.31. The van der Waals surface area contributed by atoms with Crippen LogP contribution in [0, 0.1) is 12.7 Å². The smallest absolute Gasteiger partial charge is 0.237 e. The van der Waals surface area contributed by atoms with Gasteiger partial charge in [-0.2, -0.15) is 4.98 Å². The lowest BCUT2D eigenvalue weighted by Crippen LogP contribution is -2.01. The molecule has 2 heterocycles. The fourth-order valence-corrected chi connectivity index (χ4v) is 3.23. The predicted molar refractivity (Wildman–Crippen MR) is 82.3 cm³/mol. The minimum atomic E-state index is -0.286. The third-order valence-electron chi connectivity index (χ3n) is 3.59. The minimum Gasteiger partial charge on any atom is -0.338 e. The lowest BCUT2D eigenvalue weighted by molar-refractivity contribution is 0.387. The molecule has 1 fully saturated rings. The van der Waals surface area contributed by atoms with Gasteiger partial charge in [-0.1, -0.05) is 29.1 Å². The molecule has 1 aliphatic carbocycles. The minimum absolute atomic E-state index is 0.286. The Balaban J connectivity index is 1.64. The van der Waals surface area contributed by atoms with Gasteiger partial charge in [0, 0.05) is 6.04 Å². The zero-order chi connectivity index (χ0) is 15.8. The van der Waals surface area contributed by atoms with Gasteiger partial charge in [-0.25, -0.2) is 4.39 Å². The topological polar surface area (TPSA) is 69.6 Å². The van der Waals surface area contributed by atoms with Crippen LogP contribution in [-0.4, -0.2) is 24.9 Å². The van der Waals surface area contributed by atoms with Crippen molar-refractivity contribution in [3.63, 3.8) is 0 Å². The molecule has 3 aromatic rings. The van der Waals surface area contributed by atoms with Crippen molar-refractivity contribution in [2.24, 2.45) is 0 Å². The summed E-state index contributed by atoms with van der Waals surface area (Å²) in [5.41, 5.74) is 0.479. The maximum atomic E-state index is 14.1. The number of hydrogen-bond donors (Lipinski definition) is 0. The molecule has 6 nitrogen and oxygen atoms in total. The normalized spacial score (nSPS) is 14.3. The van der Waals surface area contributed by atoms with Gasteiger partial charge in [0.2, 0.25) is 5.89 Å². The SMILES string of the molecule is Cc1noc(CSc2nnc(-c3ccccc3F)n2C2CC2)n1. The van der Waals surface area contributed by atoms with Crippen LogP contribution >= 0.6 is 11.8 Å². The Morgan fingerprint density at radius 3 is 2.83 bits per heavy atom. The molecule has 0 bridgehead atoms. The summed E-state index contributed by atoms with van der Waals surface area (Å²) in [6, 6.07) is 6.98. The van der Waals surface area contributed by atoms with E-state index in [4.69, 9.17) is 4.52 Å². The quantitative estimate of drug-likeness (QED) is 0.667. The van der Waals surface area contributed by atoms with Gasteiger partial charge in [0.1, 0.15) is 5.82 Å². The second-order valence-electron chi connectivity index (χ2n) is 5.41. The second kappa shape index (κ2) is 5.77. The molecule has 23 heavy (non-hydrogen) atoms. The van der Waals surface area contributed by atoms with Gasteiger partial charge < -0.3 is 4.52 Å². The summed E-state index contributed by atoms with van der Waals surface area (Å²) < 4.78 is 21.2. The van der Waals surface area contributed by atoms with Crippen LogP contribution in [0.3, 0.4) is 0 Å². The number of thioether (sulfide) groups is 1. The van der Waals surface area contributed by atoms with E-state index < -0.39 is 0 Å². The standard InChI is InChI=1S/C15H14FN5OS/c1-9-17-13(22-20-9)8-23-15-19-18-14(21(15)10-6-7-10)11-4-2-3-5-12(11)16/h2-5,10H,6-8H2,1H3. The number of halogens is 1. The van der Waals surface area contributed by atoms with Crippen LogP contribution in [-0.2, 0) is 5.75 Å². The van der Waals surface area contributed by atoms with Crippen molar-refractivity contribution >= 4 is 11.8 Å². The van der Waals surface area contributed by atoms with Gasteiger partial charge in [-0.05, 0) is 31.9 Å². The summed E-state index contributed by atoms with van der Waals surface area (Å²) >= 11 is 1.47. The molecule has 0 aliphatic heterocycles. The van der Waals surface area contributed by atoms with Crippen molar-refractivity contribution < 1.29 is 8.91 Å². The van der Waals surface area contributed by atoms with Gasteiger partial charge in [0.15, 0.2) is 16.8 Å². The van der Waals surface area contributed by atoms with E-state index in [1.165, 1.54) is 17.8 Å². The van der Waals surface area contributed by atoms with Crippen LogP contribution in [0.5, 0.6) is 0 Å². The van der Waals surface area contributed by atoms with E-state index in [0.717, 1.165) is 18.0 Å². The van der Waals surface area contributed by atoms with E-state index >= 15 is 0 Å². The first kappa shape index (κ1) is 14.4. The molecular formula is C15H14FN5OS. The molecule has 0 unspecified atom stereocenters. The first-order valence-electron chi connectivity index (χ1n) is 7.34. The highest BCUT2D eigenvalue weighted by Crippen LogP contribution is 2.41. The van der Waals surface area contributed by atoms with Crippen LogP contribution in [0.1, 0.15) is 30.6 Å². The van der Waals surface area contributed by atoms with Crippen molar-refractivity contribution in [2.45, 2.75) is 36.7 Å². The van der Waals surface area contributed by atoms with E-state index in [1.807, 2.05) is 4.57 Å². The van der Waals surface area contributed by atoms with Gasteiger partial charge in [0.25, 0.3) is 0 Å². The number of benzene rings is 1. The molecule has 118 valence electrons. The fourth-order valence-electron chi connectivity index (χ4n) is 2.39. The highest BCUT2D eigenvalue weighted by atomic mass is 32.2. The lowest BCUT2D eigenvalue weighted by atomic mass is 10.2. The van der Waals surface area contributed by atoms with Crippen molar-refractivity contribution in [1.82, 2.24) is 24.9 Å². The second-order valence-corrected chi connectivity index (χ2v) is 6.35. The maximum Gasteiger partial charge on any atom is 0.237 e. The zero-order valence-electron chi connectivity index (χ0n) is 12.4. The number of hydrogen-bond acceptors (Lipinski definition) is 6. The van der Waals surface area contributed by atoms with E-state index in [-0.39, 0.29) is 5.82 Å². The number of aromatic nitrogens is 5. The number of rotatable bonds is 5. The van der Waals surface area contributed by atoms with Crippen LogP contribution in [0.15, 0.2) is 33.9 Å². The van der Waals surface area contributed by atoms with Crippen molar-refractivity contribution in [1.29, 1.82) is 0 Å². The summed E-state index contributed by atoms with van der Waals surface area (Å²) in [6.45, 7) is 1.78. The van der Waals surface area contributed by atoms with Gasteiger partial charge in [-0.15, -0.1) is 10.2 Å². The van der Waals surface area contributed by atoms with Gasteiger partial charge in [-0.3, -0.25) is 4.57 Å². The largest absolute Gasteiger partial charge is 0.338 e. The van der Waals surface area contributed by atoms with Crippen LogP contribution in [0.25, 0.3) is 11.4 Å². The summed E-state index contributed by atoms with van der Waals surface area (Å²) in [7, 11) is 0. The number of nitrogens with zero attached hydrogens (tertiary/aromatic N) is 5. The van der Waals surface area contributed by atoms with Crippen molar-refractivity contribution in [3.8, 4) is 11.4 Å². The monoisotopic (exact) mass is 331 g/mol. The van der Waals surface area contributed by atoms with E-state index in [1.54, 1.807) is 25.1 Å². The Kier molecular flexibility index (Phi) is 3.60. The molecule has 1 aromatic carbocycles. The first-order valence-corrected chi connectivity index (χ1v) is 8.32. The van der Waals surface area contributed by atoms with E-state index in [2.05, 4.69) is 20.3 Å². The molecule has 4 rings (SSSR count). The molecule has 0 N–H and O–H groups in total. The molecule has 0 radical (unpaired) electrons. The Hall–Kier alpha value is -2.22. The fraction of sp³-hybridized carbons (Fsp3) is 0.333. The molecular weight excluding hydrogens is 317 g/mol. The summed E-state index contributed by atoms with van der Waals surface area (Å²) in [5, 5.41) is 13.0. The molecule has 0 amide bonds. The Morgan fingerprint density at radius 2 is 2.13 bits per heavy atom.